The molecule has 36 heavy (non-hydrogen) atoms. The van der Waals surface area contributed by atoms with Crippen LogP contribution in [0, 0.1) is 0 Å². The summed E-state index contributed by atoms with van der Waals surface area (Å²) in [6.07, 6.45) is -5.13. The van der Waals surface area contributed by atoms with E-state index in [1.54, 1.807) is 36.4 Å². The molecule has 1 fully saturated rings. The molecule has 2 amide bonds. The van der Waals surface area contributed by atoms with Gasteiger partial charge in [0.15, 0.2) is 5.11 Å². The largest absolute Gasteiger partial charge is 0.457 e. The highest BCUT2D eigenvalue weighted by Crippen LogP contribution is 2.27. The lowest BCUT2D eigenvalue weighted by atomic mass is 10.0. The number of carbonyl (C=O) groups excluding carboxylic acids is 2. The van der Waals surface area contributed by atoms with E-state index < -0.39 is 59.1 Å². The normalized spacial score (nSPS) is 18.1. The smallest absolute Gasteiger partial charge is 0.397 e. The zero-order valence-electron chi connectivity index (χ0n) is 18.4. The summed E-state index contributed by atoms with van der Waals surface area (Å²) in [4.78, 5) is 26.5. The summed E-state index contributed by atoms with van der Waals surface area (Å²) in [5.41, 5.74) is -0.237. The van der Waals surface area contributed by atoms with Gasteiger partial charge in [0.1, 0.15) is 29.3 Å². The van der Waals surface area contributed by atoms with Crippen LogP contribution in [-0.2, 0) is 24.2 Å². The molecule has 192 valence electrons. The molecule has 0 radical (unpaired) electrons. The van der Waals surface area contributed by atoms with E-state index in [2.05, 4.69) is 9.50 Å². The quantitative estimate of drug-likeness (QED) is 0.122. The summed E-state index contributed by atoms with van der Waals surface area (Å²) in [6, 6.07) is 15.2. The van der Waals surface area contributed by atoms with Crippen LogP contribution in [0.5, 0.6) is 11.5 Å². The predicted octanol–water partition coefficient (Wildman–Crippen LogP) is 0.445. The minimum atomic E-state index is -5.04. The number of nitrogens with zero attached hydrogens (tertiary/aromatic N) is 1. The summed E-state index contributed by atoms with van der Waals surface area (Å²) >= 11 is 5.12. The fourth-order valence-electron chi connectivity index (χ4n) is 3.23. The lowest BCUT2D eigenvalue weighted by Gasteiger charge is -2.29. The average molecular weight is 539 g/mol. The number of thiocarbonyl (C=S) groups is 1. The summed E-state index contributed by atoms with van der Waals surface area (Å²) in [6.45, 7) is -0.949. The maximum Gasteiger partial charge on any atom is 0.397 e. The molecule has 0 aliphatic carbocycles. The standard InChI is InChI=1S/C22H22N2O10S2/c25-12-18(27)19(34-36(30,31)32)11-14(26)10-17-20(28)23-22(35)24(21(17)29)13-6-8-16(9-7-13)33-15-4-2-1-3-5-15/h1-10,14,18-19,25-27H,11-12H2,(H,23,28,35)(H,30,31,32)/b17-10-/t14-,18-,19-/m1/s1. The van der Waals surface area contributed by atoms with Crippen molar-refractivity contribution in [1.82, 2.24) is 5.32 Å². The first-order chi connectivity index (χ1) is 17.0. The summed E-state index contributed by atoms with van der Waals surface area (Å²) < 4.78 is 40.8. The maximum absolute atomic E-state index is 13.1. The van der Waals surface area contributed by atoms with Crippen LogP contribution in [-0.4, -0.2) is 70.1 Å². The molecule has 5 N–H and O–H groups in total. The first kappa shape index (κ1) is 27.3. The van der Waals surface area contributed by atoms with E-state index in [9.17, 15) is 28.2 Å². The third-order valence-electron chi connectivity index (χ3n) is 4.87. The fourth-order valence-corrected chi connectivity index (χ4v) is 4.03. The van der Waals surface area contributed by atoms with Gasteiger partial charge in [0, 0.05) is 6.42 Å². The van der Waals surface area contributed by atoms with Gasteiger partial charge in [-0.2, -0.15) is 8.42 Å². The number of hydrogen-bond donors (Lipinski definition) is 5. The van der Waals surface area contributed by atoms with Gasteiger partial charge in [-0.05, 0) is 54.7 Å². The van der Waals surface area contributed by atoms with Crippen molar-refractivity contribution < 1.29 is 46.8 Å². The molecule has 1 aliphatic heterocycles. The van der Waals surface area contributed by atoms with Crippen molar-refractivity contribution in [3.63, 3.8) is 0 Å². The number of para-hydroxylation sites is 1. The number of amides is 2. The van der Waals surface area contributed by atoms with E-state index in [1.165, 1.54) is 12.1 Å². The zero-order valence-corrected chi connectivity index (χ0v) is 20.1. The summed E-state index contributed by atoms with van der Waals surface area (Å²) in [7, 11) is -5.04. The fraction of sp³-hybridized carbons (Fsp3) is 0.227. The van der Waals surface area contributed by atoms with Crippen molar-refractivity contribution in [2.24, 2.45) is 0 Å². The van der Waals surface area contributed by atoms with Crippen molar-refractivity contribution in [1.29, 1.82) is 0 Å². The Morgan fingerprint density at radius 1 is 1.03 bits per heavy atom. The van der Waals surface area contributed by atoms with Crippen molar-refractivity contribution >= 4 is 45.2 Å². The van der Waals surface area contributed by atoms with Gasteiger partial charge in [-0.3, -0.25) is 24.4 Å². The molecule has 12 nitrogen and oxygen atoms in total. The zero-order chi connectivity index (χ0) is 26.5. The second-order valence-electron chi connectivity index (χ2n) is 7.50. The van der Waals surface area contributed by atoms with Gasteiger partial charge >= 0.3 is 10.4 Å². The Morgan fingerprint density at radius 2 is 1.64 bits per heavy atom. The van der Waals surface area contributed by atoms with Gasteiger partial charge in [0.2, 0.25) is 0 Å². The molecule has 14 heteroatoms. The number of hydrogen-bond acceptors (Lipinski definition) is 10. The van der Waals surface area contributed by atoms with E-state index in [4.69, 9.17) is 26.6 Å². The molecule has 3 atom stereocenters. The molecule has 0 aromatic heterocycles. The highest BCUT2D eigenvalue weighted by atomic mass is 32.3. The van der Waals surface area contributed by atoms with E-state index in [0.29, 0.717) is 11.5 Å². The summed E-state index contributed by atoms with van der Waals surface area (Å²) in [5, 5.41) is 31.2. The Labute approximate surface area is 211 Å². The maximum atomic E-state index is 13.1. The molecular weight excluding hydrogens is 516 g/mol. The van der Waals surface area contributed by atoms with Crippen LogP contribution in [0.1, 0.15) is 6.42 Å². The van der Waals surface area contributed by atoms with Crippen LogP contribution in [0.2, 0.25) is 0 Å². The molecule has 0 spiro atoms. The Bertz CT molecular complexity index is 1250. The Morgan fingerprint density at radius 3 is 2.22 bits per heavy atom. The first-order valence-electron chi connectivity index (χ1n) is 10.4. The highest BCUT2D eigenvalue weighted by molar-refractivity contribution is 7.81. The van der Waals surface area contributed by atoms with E-state index >= 15 is 0 Å². The van der Waals surface area contributed by atoms with E-state index in [0.717, 1.165) is 11.0 Å². The molecule has 1 saturated heterocycles. The van der Waals surface area contributed by atoms with Crippen LogP contribution in [0.25, 0.3) is 0 Å². The molecule has 2 aromatic rings. The van der Waals surface area contributed by atoms with Crippen molar-refractivity contribution in [3.8, 4) is 11.5 Å². The molecule has 0 bridgehead atoms. The minimum absolute atomic E-state index is 0.211. The monoisotopic (exact) mass is 538 g/mol. The molecule has 3 rings (SSSR count). The van der Waals surface area contributed by atoms with Gasteiger partial charge in [0.05, 0.1) is 18.4 Å². The molecular formula is C22H22N2O10S2. The third-order valence-corrected chi connectivity index (χ3v) is 5.64. The Kier molecular flexibility index (Phi) is 8.86. The SMILES string of the molecule is O=C1NC(=S)N(c2ccc(Oc3ccccc3)cc2)C(=O)/C1=C\[C@@H](O)C[C@@H](OS(=O)(=O)O)[C@H](O)CO. The Hall–Kier alpha value is -3.24. The summed E-state index contributed by atoms with van der Waals surface area (Å²) in [5.74, 6) is -0.722. The lowest BCUT2D eigenvalue weighted by molar-refractivity contribution is -0.122. The van der Waals surface area contributed by atoms with Gasteiger partial charge in [-0.15, -0.1) is 0 Å². The van der Waals surface area contributed by atoms with Crippen LogP contribution < -0.4 is 15.0 Å². The van der Waals surface area contributed by atoms with Crippen LogP contribution in [0.3, 0.4) is 0 Å². The van der Waals surface area contributed by atoms with Crippen LogP contribution >= 0.6 is 12.2 Å². The molecule has 1 aliphatic rings. The number of benzene rings is 2. The van der Waals surface area contributed by atoms with E-state index in [1.807, 2.05) is 6.07 Å². The predicted molar refractivity (Wildman–Crippen MR) is 129 cm³/mol. The minimum Gasteiger partial charge on any atom is -0.457 e. The van der Waals surface area contributed by atoms with Crippen molar-refractivity contribution in [2.75, 3.05) is 11.5 Å². The van der Waals surface area contributed by atoms with Gasteiger partial charge < -0.3 is 20.1 Å². The van der Waals surface area contributed by atoms with Gasteiger partial charge in [-0.1, -0.05) is 18.2 Å². The number of nitrogens with one attached hydrogen (secondary N) is 1. The van der Waals surface area contributed by atoms with Crippen LogP contribution in [0.4, 0.5) is 5.69 Å². The number of aliphatic hydroxyl groups is 3. The second-order valence-corrected chi connectivity index (χ2v) is 8.94. The third kappa shape index (κ3) is 7.14. The van der Waals surface area contributed by atoms with Gasteiger partial charge in [0.25, 0.3) is 11.8 Å². The number of anilines is 1. The topological polar surface area (TPSA) is 183 Å². The molecule has 0 unspecified atom stereocenters. The molecule has 2 aromatic carbocycles. The first-order valence-corrected chi connectivity index (χ1v) is 12.1. The van der Waals surface area contributed by atoms with Crippen molar-refractivity contribution in [3.05, 3.63) is 66.2 Å². The van der Waals surface area contributed by atoms with Gasteiger partial charge in [-0.25, -0.2) is 4.18 Å². The highest BCUT2D eigenvalue weighted by Gasteiger charge is 2.36. The number of aliphatic hydroxyl groups excluding tert-OH is 3. The van der Waals surface area contributed by atoms with Crippen LogP contribution in [0.15, 0.2) is 66.2 Å². The molecule has 1 heterocycles. The molecule has 0 saturated carbocycles. The average Bonchev–Trinajstić information content (AvgIpc) is 2.81. The Balaban J connectivity index is 1.79. The number of ether oxygens (including phenoxy) is 1. The second kappa shape index (κ2) is 11.7. The number of rotatable bonds is 10. The van der Waals surface area contributed by atoms with E-state index in [-0.39, 0.29) is 10.8 Å². The van der Waals surface area contributed by atoms with Crippen molar-refractivity contribution in [2.45, 2.75) is 24.7 Å². The number of carbonyl (C=O) groups is 2. The lowest BCUT2D eigenvalue weighted by Crippen LogP contribution is -2.54.